The Hall–Kier alpha value is -3.62. The number of aryl methyl sites for hydroxylation is 2. The Morgan fingerprint density at radius 2 is 2.14 bits per heavy atom. The number of carbonyl (C=O) groups excluding carboxylic acids is 1. The number of ether oxygens (including phenoxy) is 1. The van der Waals surface area contributed by atoms with Crippen LogP contribution in [0.1, 0.15) is 24.1 Å². The third-order valence-corrected chi connectivity index (χ3v) is 4.22. The first kappa shape index (κ1) is 20.1. The van der Waals surface area contributed by atoms with Crippen molar-refractivity contribution < 1.29 is 14.1 Å². The summed E-state index contributed by atoms with van der Waals surface area (Å²) in [6, 6.07) is 5.15. The van der Waals surface area contributed by atoms with Gasteiger partial charge in [0.05, 0.1) is 17.9 Å². The Morgan fingerprint density at radius 3 is 2.86 bits per heavy atom. The van der Waals surface area contributed by atoms with E-state index in [0.717, 1.165) is 16.8 Å². The second kappa shape index (κ2) is 9.05. The van der Waals surface area contributed by atoms with Gasteiger partial charge in [-0.1, -0.05) is 5.16 Å². The van der Waals surface area contributed by atoms with Crippen LogP contribution in [-0.4, -0.2) is 34.2 Å². The van der Waals surface area contributed by atoms with Crippen molar-refractivity contribution in [2.24, 2.45) is 0 Å². The van der Waals surface area contributed by atoms with Gasteiger partial charge in [-0.2, -0.15) is 0 Å². The van der Waals surface area contributed by atoms with Crippen LogP contribution in [0.25, 0.3) is 11.1 Å². The number of nitrogens with zero attached hydrogens (tertiary/aromatic N) is 2. The van der Waals surface area contributed by atoms with E-state index in [9.17, 15) is 9.59 Å². The lowest BCUT2D eigenvalue weighted by atomic mass is 10.1. The summed E-state index contributed by atoms with van der Waals surface area (Å²) >= 11 is 0. The molecule has 3 rings (SSSR count). The number of aromatic nitrogens is 3. The SMILES string of the molecule is CCNC(=O)COc1ccnc(CNc2cc(-c3c(C)noc3C)c[nH]c2=O)c1. The molecule has 3 heterocycles. The highest BCUT2D eigenvalue weighted by molar-refractivity contribution is 5.77. The molecule has 0 aliphatic carbocycles. The fourth-order valence-corrected chi connectivity index (χ4v) is 2.88. The molecule has 1 amide bonds. The van der Waals surface area contributed by atoms with E-state index in [4.69, 9.17) is 9.26 Å². The third-order valence-electron chi connectivity index (χ3n) is 4.22. The minimum absolute atomic E-state index is 0.0656. The maximum atomic E-state index is 12.2. The lowest BCUT2D eigenvalue weighted by Gasteiger charge is -2.09. The van der Waals surface area contributed by atoms with Gasteiger partial charge in [0.15, 0.2) is 6.61 Å². The largest absolute Gasteiger partial charge is 0.484 e. The molecule has 9 nitrogen and oxygen atoms in total. The fraction of sp³-hybridized carbons (Fsp3) is 0.300. The van der Waals surface area contributed by atoms with E-state index in [-0.39, 0.29) is 18.1 Å². The van der Waals surface area contributed by atoms with Crippen molar-refractivity contribution in [2.45, 2.75) is 27.3 Å². The van der Waals surface area contributed by atoms with Gasteiger partial charge in [-0.3, -0.25) is 14.6 Å². The van der Waals surface area contributed by atoms with Crippen molar-refractivity contribution in [1.29, 1.82) is 0 Å². The summed E-state index contributed by atoms with van der Waals surface area (Å²) in [5.74, 6) is 1.02. The number of aromatic amines is 1. The zero-order chi connectivity index (χ0) is 20.8. The number of pyridine rings is 2. The van der Waals surface area contributed by atoms with Gasteiger partial charge in [-0.25, -0.2) is 0 Å². The maximum Gasteiger partial charge on any atom is 0.271 e. The standard InChI is InChI=1S/C20H23N5O4/c1-4-21-18(26)11-28-16-5-6-22-15(8-16)10-23-17-7-14(9-24-20(17)27)19-12(2)25-29-13(19)3/h5-9,23H,4,10-11H2,1-3H3,(H,21,26)(H,24,27). The molecule has 9 heteroatoms. The summed E-state index contributed by atoms with van der Waals surface area (Å²) in [5, 5.41) is 9.71. The van der Waals surface area contributed by atoms with Crippen LogP contribution >= 0.6 is 0 Å². The Balaban J connectivity index is 1.70. The number of hydrogen-bond acceptors (Lipinski definition) is 7. The monoisotopic (exact) mass is 397 g/mol. The molecule has 3 N–H and O–H groups in total. The molecule has 0 unspecified atom stereocenters. The van der Waals surface area contributed by atoms with Gasteiger partial charge >= 0.3 is 0 Å². The predicted octanol–water partition coefficient (Wildman–Crippen LogP) is 2.17. The molecule has 0 aliphatic heterocycles. The van der Waals surface area contributed by atoms with Crippen LogP contribution < -0.4 is 20.9 Å². The van der Waals surface area contributed by atoms with Gasteiger partial charge in [0, 0.05) is 36.1 Å². The van der Waals surface area contributed by atoms with E-state index in [0.29, 0.717) is 36.0 Å². The van der Waals surface area contributed by atoms with E-state index in [2.05, 4.69) is 25.8 Å². The lowest BCUT2D eigenvalue weighted by molar-refractivity contribution is -0.122. The molecule has 0 atom stereocenters. The predicted molar refractivity (Wildman–Crippen MR) is 108 cm³/mol. The van der Waals surface area contributed by atoms with E-state index >= 15 is 0 Å². The molecule has 0 aromatic carbocycles. The number of hydrogen-bond donors (Lipinski definition) is 3. The number of nitrogens with one attached hydrogen (secondary N) is 3. The average molecular weight is 397 g/mol. The normalized spacial score (nSPS) is 10.6. The molecule has 29 heavy (non-hydrogen) atoms. The highest BCUT2D eigenvalue weighted by atomic mass is 16.5. The Morgan fingerprint density at radius 1 is 1.31 bits per heavy atom. The smallest absolute Gasteiger partial charge is 0.271 e. The first-order valence-corrected chi connectivity index (χ1v) is 9.22. The number of rotatable bonds is 8. The molecule has 0 radical (unpaired) electrons. The van der Waals surface area contributed by atoms with Crippen molar-refractivity contribution in [3.63, 3.8) is 0 Å². The van der Waals surface area contributed by atoms with Crippen LogP contribution in [0.5, 0.6) is 5.75 Å². The molecular formula is C20H23N5O4. The summed E-state index contributed by atoms with van der Waals surface area (Å²) in [6.45, 7) is 6.31. The van der Waals surface area contributed by atoms with Crippen LogP contribution in [0.4, 0.5) is 5.69 Å². The van der Waals surface area contributed by atoms with Crippen LogP contribution in [-0.2, 0) is 11.3 Å². The summed E-state index contributed by atoms with van der Waals surface area (Å²) in [5.41, 5.74) is 3.22. The number of H-pyrrole nitrogens is 1. The minimum Gasteiger partial charge on any atom is -0.484 e. The summed E-state index contributed by atoms with van der Waals surface area (Å²) in [6.07, 6.45) is 3.22. The highest BCUT2D eigenvalue weighted by Gasteiger charge is 2.13. The quantitative estimate of drug-likeness (QED) is 0.532. The number of carbonyl (C=O) groups is 1. The van der Waals surface area contributed by atoms with Gasteiger partial charge in [-0.15, -0.1) is 0 Å². The van der Waals surface area contributed by atoms with Crippen molar-refractivity contribution in [1.82, 2.24) is 20.4 Å². The highest BCUT2D eigenvalue weighted by Crippen LogP contribution is 2.27. The van der Waals surface area contributed by atoms with Gasteiger partial charge in [-0.05, 0) is 32.9 Å². The number of likely N-dealkylation sites (N-methyl/N-ethyl adjacent to an activating group) is 1. The molecule has 0 spiro atoms. The average Bonchev–Trinajstić information content (AvgIpc) is 3.05. The van der Waals surface area contributed by atoms with Crippen molar-refractivity contribution in [2.75, 3.05) is 18.5 Å². The number of anilines is 1. The minimum atomic E-state index is -0.246. The number of amides is 1. The molecule has 152 valence electrons. The fourth-order valence-electron chi connectivity index (χ4n) is 2.88. The molecule has 0 saturated heterocycles. The zero-order valence-electron chi connectivity index (χ0n) is 16.5. The van der Waals surface area contributed by atoms with Crippen molar-refractivity contribution in [3.8, 4) is 16.9 Å². The van der Waals surface area contributed by atoms with Crippen LogP contribution in [0.15, 0.2) is 39.9 Å². The van der Waals surface area contributed by atoms with Crippen molar-refractivity contribution >= 4 is 11.6 Å². The zero-order valence-corrected chi connectivity index (χ0v) is 16.5. The Kier molecular flexibility index (Phi) is 6.28. The third kappa shape index (κ3) is 5.01. The molecule has 0 fully saturated rings. The molecule has 3 aromatic rings. The van der Waals surface area contributed by atoms with Gasteiger partial charge in [0.2, 0.25) is 0 Å². The molecular weight excluding hydrogens is 374 g/mol. The first-order chi connectivity index (χ1) is 14.0. The van der Waals surface area contributed by atoms with Gasteiger partial charge in [0.25, 0.3) is 11.5 Å². The van der Waals surface area contributed by atoms with E-state index in [1.54, 1.807) is 30.6 Å². The lowest BCUT2D eigenvalue weighted by Crippen LogP contribution is -2.28. The second-order valence-corrected chi connectivity index (χ2v) is 6.41. The van der Waals surface area contributed by atoms with Crippen molar-refractivity contribution in [3.05, 3.63) is 58.1 Å². The van der Waals surface area contributed by atoms with E-state index in [1.165, 1.54) is 0 Å². The summed E-state index contributed by atoms with van der Waals surface area (Å²) < 4.78 is 10.7. The topological polar surface area (TPSA) is 122 Å². The molecule has 0 saturated carbocycles. The maximum absolute atomic E-state index is 12.2. The van der Waals surface area contributed by atoms with Gasteiger partial charge < -0.3 is 24.9 Å². The summed E-state index contributed by atoms with van der Waals surface area (Å²) in [4.78, 5) is 30.7. The summed E-state index contributed by atoms with van der Waals surface area (Å²) in [7, 11) is 0. The molecule has 0 bridgehead atoms. The van der Waals surface area contributed by atoms with Gasteiger partial charge in [0.1, 0.15) is 17.2 Å². The van der Waals surface area contributed by atoms with E-state index in [1.807, 2.05) is 20.8 Å². The van der Waals surface area contributed by atoms with Crippen LogP contribution in [0.3, 0.4) is 0 Å². The van der Waals surface area contributed by atoms with Crippen LogP contribution in [0.2, 0.25) is 0 Å². The molecule has 3 aromatic heterocycles. The van der Waals surface area contributed by atoms with Crippen LogP contribution in [0, 0.1) is 13.8 Å². The van der Waals surface area contributed by atoms with E-state index < -0.39 is 0 Å². The Bertz CT molecular complexity index is 1040. The first-order valence-electron chi connectivity index (χ1n) is 9.22. The molecule has 0 aliphatic rings. The Labute approximate surface area is 167 Å². The second-order valence-electron chi connectivity index (χ2n) is 6.41.